The summed E-state index contributed by atoms with van der Waals surface area (Å²) in [5.41, 5.74) is 7.40. The topological polar surface area (TPSA) is 71.2 Å². The fourth-order valence-electron chi connectivity index (χ4n) is 2.37. The second-order valence-electron chi connectivity index (χ2n) is 4.79. The van der Waals surface area contributed by atoms with E-state index in [1.165, 1.54) is 0 Å². The second-order valence-corrected chi connectivity index (χ2v) is 5.23. The van der Waals surface area contributed by atoms with Crippen LogP contribution in [-0.4, -0.2) is 46.1 Å². The van der Waals surface area contributed by atoms with Crippen LogP contribution in [0.2, 0.25) is 0 Å². The van der Waals surface area contributed by atoms with Gasteiger partial charge in [0.2, 0.25) is 5.95 Å². The first-order chi connectivity index (χ1) is 10.2. The molecule has 0 unspecified atom stereocenters. The lowest BCUT2D eigenvalue weighted by Crippen LogP contribution is -2.47. The lowest BCUT2D eigenvalue weighted by molar-refractivity contribution is 0.639. The van der Waals surface area contributed by atoms with E-state index >= 15 is 0 Å². The number of anilines is 2. The van der Waals surface area contributed by atoms with Gasteiger partial charge in [-0.15, -0.1) is 0 Å². The summed E-state index contributed by atoms with van der Waals surface area (Å²) in [6.45, 7) is 3.57. The van der Waals surface area contributed by atoms with E-state index in [0.717, 1.165) is 37.8 Å². The molecule has 6 nitrogen and oxygen atoms in total. The molecular formula is C14H16N6S. The van der Waals surface area contributed by atoms with Gasteiger partial charge in [-0.1, -0.05) is 12.2 Å². The summed E-state index contributed by atoms with van der Waals surface area (Å²) in [6, 6.07) is 5.75. The monoisotopic (exact) mass is 300 g/mol. The van der Waals surface area contributed by atoms with Gasteiger partial charge in [-0.25, -0.2) is 9.97 Å². The Kier molecular flexibility index (Phi) is 3.92. The lowest BCUT2D eigenvalue weighted by Gasteiger charge is -2.36. The number of hydrogen-bond donors (Lipinski definition) is 1. The van der Waals surface area contributed by atoms with Gasteiger partial charge in [0.15, 0.2) is 0 Å². The van der Waals surface area contributed by atoms with Crippen LogP contribution in [0.5, 0.6) is 0 Å². The van der Waals surface area contributed by atoms with Gasteiger partial charge in [0.05, 0.1) is 5.69 Å². The Bertz CT molecular complexity index is 624. The van der Waals surface area contributed by atoms with Crippen molar-refractivity contribution in [1.29, 1.82) is 0 Å². The fraction of sp³-hybridized carbons (Fsp3) is 0.286. The highest BCUT2D eigenvalue weighted by Crippen LogP contribution is 2.18. The molecule has 1 saturated heterocycles. The van der Waals surface area contributed by atoms with Gasteiger partial charge in [-0.05, 0) is 18.2 Å². The summed E-state index contributed by atoms with van der Waals surface area (Å²) in [5, 5.41) is 0. The van der Waals surface area contributed by atoms with Gasteiger partial charge in [-0.2, -0.15) is 0 Å². The van der Waals surface area contributed by atoms with E-state index in [2.05, 4.69) is 24.8 Å². The maximum absolute atomic E-state index is 5.64. The lowest BCUT2D eigenvalue weighted by atomic mass is 10.2. The van der Waals surface area contributed by atoms with E-state index in [9.17, 15) is 0 Å². The molecule has 0 bridgehead atoms. The molecule has 3 heterocycles. The molecule has 0 amide bonds. The molecule has 2 aromatic heterocycles. The predicted molar refractivity (Wildman–Crippen MR) is 86.6 cm³/mol. The zero-order valence-corrected chi connectivity index (χ0v) is 12.3. The Morgan fingerprint density at radius 1 is 1.00 bits per heavy atom. The van der Waals surface area contributed by atoms with E-state index in [0.29, 0.717) is 10.7 Å². The molecular weight excluding hydrogens is 284 g/mol. The van der Waals surface area contributed by atoms with E-state index in [-0.39, 0.29) is 0 Å². The third kappa shape index (κ3) is 3.08. The Hall–Kier alpha value is -2.28. The normalized spacial score (nSPS) is 15.0. The second kappa shape index (κ2) is 6.01. The Labute approximate surface area is 128 Å². The van der Waals surface area contributed by atoms with Crippen molar-refractivity contribution in [2.75, 3.05) is 36.0 Å². The number of aromatic nitrogens is 3. The number of piperazine rings is 1. The fourth-order valence-corrected chi connectivity index (χ4v) is 2.48. The summed E-state index contributed by atoms with van der Waals surface area (Å²) in [6.07, 6.45) is 5.29. The molecule has 2 N–H and O–H groups in total. The highest BCUT2D eigenvalue weighted by molar-refractivity contribution is 7.80. The van der Waals surface area contributed by atoms with Crippen LogP contribution in [0.3, 0.4) is 0 Å². The van der Waals surface area contributed by atoms with Crippen molar-refractivity contribution in [3.8, 4) is 0 Å². The molecule has 0 spiro atoms. The van der Waals surface area contributed by atoms with Crippen molar-refractivity contribution in [3.05, 3.63) is 42.5 Å². The molecule has 1 aliphatic heterocycles. The van der Waals surface area contributed by atoms with Crippen LogP contribution in [0, 0.1) is 0 Å². The van der Waals surface area contributed by atoms with Crippen LogP contribution in [-0.2, 0) is 0 Å². The van der Waals surface area contributed by atoms with Crippen LogP contribution < -0.4 is 15.5 Å². The maximum Gasteiger partial charge on any atom is 0.225 e. The van der Waals surface area contributed by atoms with Crippen LogP contribution in [0.15, 0.2) is 36.8 Å². The van der Waals surface area contributed by atoms with E-state index in [4.69, 9.17) is 18.0 Å². The first-order valence-corrected chi connectivity index (χ1v) is 7.17. The minimum absolute atomic E-state index is 0.327. The molecule has 2 aromatic rings. The molecule has 108 valence electrons. The molecule has 7 heteroatoms. The van der Waals surface area contributed by atoms with Crippen molar-refractivity contribution >= 4 is 28.8 Å². The first kappa shape index (κ1) is 13.7. The Balaban J connectivity index is 1.68. The van der Waals surface area contributed by atoms with Gasteiger partial charge >= 0.3 is 0 Å². The highest BCUT2D eigenvalue weighted by atomic mass is 32.1. The van der Waals surface area contributed by atoms with E-state index < -0.39 is 0 Å². The average molecular weight is 300 g/mol. The Morgan fingerprint density at radius 3 is 2.33 bits per heavy atom. The molecule has 1 fully saturated rings. The molecule has 0 atom stereocenters. The van der Waals surface area contributed by atoms with Gasteiger partial charge in [0.1, 0.15) is 4.99 Å². The van der Waals surface area contributed by atoms with Crippen LogP contribution >= 0.6 is 12.2 Å². The smallest absolute Gasteiger partial charge is 0.225 e. The molecule has 1 aliphatic rings. The van der Waals surface area contributed by atoms with Gasteiger partial charge in [0, 0.05) is 50.5 Å². The summed E-state index contributed by atoms with van der Waals surface area (Å²) in [4.78, 5) is 17.6. The van der Waals surface area contributed by atoms with Crippen LogP contribution in [0.4, 0.5) is 11.6 Å². The van der Waals surface area contributed by atoms with Crippen molar-refractivity contribution < 1.29 is 0 Å². The molecule has 21 heavy (non-hydrogen) atoms. The molecule has 0 saturated carbocycles. The molecule has 0 aliphatic carbocycles. The van der Waals surface area contributed by atoms with E-state index in [1.807, 2.05) is 18.2 Å². The zero-order valence-electron chi connectivity index (χ0n) is 11.5. The average Bonchev–Trinajstić information content (AvgIpc) is 2.56. The third-order valence-corrected chi connectivity index (χ3v) is 3.68. The van der Waals surface area contributed by atoms with Gasteiger partial charge in [-0.3, -0.25) is 4.98 Å². The molecule has 0 radical (unpaired) electrons. The van der Waals surface area contributed by atoms with Crippen molar-refractivity contribution in [1.82, 2.24) is 15.0 Å². The van der Waals surface area contributed by atoms with Gasteiger partial charge in [0.25, 0.3) is 0 Å². The van der Waals surface area contributed by atoms with Crippen molar-refractivity contribution in [2.45, 2.75) is 0 Å². The zero-order chi connectivity index (χ0) is 14.7. The summed E-state index contributed by atoms with van der Waals surface area (Å²) in [5.74, 6) is 0.788. The maximum atomic E-state index is 5.64. The quantitative estimate of drug-likeness (QED) is 0.842. The Morgan fingerprint density at radius 2 is 1.67 bits per heavy atom. The SMILES string of the molecule is NC(=S)c1cc(N2CCN(c3ncccn3)CC2)ccn1. The number of pyridine rings is 1. The number of rotatable bonds is 3. The predicted octanol–water partition coefficient (Wildman–Crippen LogP) is 0.832. The van der Waals surface area contributed by atoms with Crippen molar-refractivity contribution in [3.63, 3.8) is 0 Å². The number of nitrogens with two attached hydrogens (primary N) is 1. The first-order valence-electron chi connectivity index (χ1n) is 6.77. The van der Waals surface area contributed by atoms with Crippen molar-refractivity contribution in [2.24, 2.45) is 5.73 Å². The largest absolute Gasteiger partial charge is 0.388 e. The van der Waals surface area contributed by atoms with Crippen LogP contribution in [0.1, 0.15) is 5.69 Å². The number of thiocarbonyl (C=S) groups is 1. The highest BCUT2D eigenvalue weighted by Gasteiger charge is 2.19. The number of nitrogens with zero attached hydrogens (tertiary/aromatic N) is 5. The minimum Gasteiger partial charge on any atom is -0.388 e. The number of hydrogen-bond acceptors (Lipinski definition) is 6. The standard InChI is InChI=1S/C14H16N6S/c15-13(21)12-10-11(2-5-16-12)19-6-8-20(9-7-19)14-17-3-1-4-18-14/h1-5,10H,6-9H2,(H2,15,21). The summed E-state index contributed by atoms with van der Waals surface area (Å²) >= 11 is 4.98. The third-order valence-electron chi connectivity index (χ3n) is 3.48. The molecule has 0 aromatic carbocycles. The van der Waals surface area contributed by atoms with Crippen LogP contribution in [0.25, 0.3) is 0 Å². The summed E-state index contributed by atoms with van der Waals surface area (Å²) < 4.78 is 0. The van der Waals surface area contributed by atoms with E-state index in [1.54, 1.807) is 18.6 Å². The summed E-state index contributed by atoms with van der Waals surface area (Å²) in [7, 11) is 0. The van der Waals surface area contributed by atoms with Gasteiger partial charge < -0.3 is 15.5 Å². The minimum atomic E-state index is 0.327. The molecule has 3 rings (SSSR count).